The van der Waals surface area contributed by atoms with Gasteiger partial charge in [0.15, 0.2) is 12.3 Å². The van der Waals surface area contributed by atoms with Crippen molar-refractivity contribution >= 4 is 16.8 Å². The molecule has 4 rings (SSSR count). The minimum absolute atomic E-state index is 0.0701. The Morgan fingerprint density at radius 3 is 3.00 bits per heavy atom. The van der Waals surface area contributed by atoms with Gasteiger partial charge in [0.05, 0.1) is 5.52 Å². The lowest BCUT2D eigenvalue weighted by Gasteiger charge is -2.12. The summed E-state index contributed by atoms with van der Waals surface area (Å²) >= 11 is 0. The summed E-state index contributed by atoms with van der Waals surface area (Å²) in [6.07, 6.45) is 5.27. The minimum atomic E-state index is -0.0701. The van der Waals surface area contributed by atoms with Gasteiger partial charge in [0.1, 0.15) is 12.0 Å². The standard InChI is InChI=1S/C18H17N3O3/c22-18(21-8-1-2-9-21)16-11-24-17(20-16)12-23-14-5-6-15-13(10-14)4-3-7-19-15/h3-7,10-11H,1-2,8-9,12H2. The third-order valence-electron chi connectivity index (χ3n) is 4.10. The van der Waals surface area contributed by atoms with E-state index in [1.54, 1.807) is 11.1 Å². The van der Waals surface area contributed by atoms with Gasteiger partial charge in [-0.3, -0.25) is 9.78 Å². The summed E-state index contributed by atoms with van der Waals surface area (Å²) in [6, 6.07) is 9.54. The Morgan fingerprint density at radius 2 is 2.12 bits per heavy atom. The summed E-state index contributed by atoms with van der Waals surface area (Å²) in [5.41, 5.74) is 1.26. The molecular formula is C18H17N3O3. The fourth-order valence-electron chi connectivity index (χ4n) is 2.85. The average Bonchev–Trinajstić information content (AvgIpc) is 3.31. The van der Waals surface area contributed by atoms with Crippen LogP contribution in [0.5, 0.6) is 5.75 Å². The van der Waals surface area contributed by atoms with Gasteiger partial charge < -0.3 is 14.1 Å². The van der Waals surface area contributed by atoms with Gasteiger partial charge >= 0.3 is 0 Å². The number of nitrogens with zero attached hydrogens (tertiary/aromatic N) is 3. The first-order valence-corrected chi connectivity index (χ1v) is 8.01. The van der Waals surface area contributed by atoms with Crippen molar-refractivity contribution in [3.8, 4) is 5.75 Å². The number of amides is 1. The number of hydrogen-bond acceptors (Lipinski definition) is 5. The number of benzene rings is 1. The van der Waals surface area contributed by atoms with Crippen LogP contribution in [-0.2, 0) is 6.61 Å². The van der Waals surface area contributed by atoms with Gasteiger partial charge in [-0.15, -0.1) is 0 Å². The van der Waals surface area contributed by atoms with Crippen LogP contribution in [0, 0.1) is 0 Å². The number of likely N-dealkylation sites (tertiary alicyclic amines) is 1. The van der Waals surface area contributed by atoms with Crippen LogP contribution in [0.4, 0.5) is 0 Å². The molecule has 0 unspecified atom stereocenters. The maximum absolute atomic E-state index is 12.2. The second-order valence-electron chi connectivity index (χ2n) is 5.77. The molecule has 3 heterocycles. The highest BCUT2D eigenvalue weighted by Crippen LogP contribution is 2.20. The van der Waals surface area contributed by atoms with Gasteiger partial charge in [-0.05, 0) is 37.1 Å². The Bertz CT molecular complexity index is 869. The molecule has 2 aromatic heterocycles. The number of rotatable bonds is 4. The lowest BCUT2D eigenvalue weighted by Crippen LogP contribution is -2.27. The zero-order valence-electron chi connectivity index (χ0n) is 13.1. The Kier molecular flexibility index (Phi) is 3.86. The van der Waals surface area contributed by atoms with E-state index in [2.05, 4.69) is 9.97 Å². The first-order chi connectivity index (χ1) is 11.8. The van der Waals surface area contributed by atoms with E-state index in [1.807, 2.05) is 30.3 Å². The molecule has 0 bridgehead atoms. The Balaban J connectivity index is 1.42. The molecule has 0 N–H and O–H groups in total. The molecule has 3 aromatic rings. The Morgan fingerprint density at radius 1 is 1.25 bits per heavy atom. The number of pyridine rings is 1. The highest BCUT2D eigenvalue weighted by atomic mass is 16.5. The predicted octanol–water partition coefficient (Wildman–Crippen LogP) is 3.04. The maximum atomic E-state index is 12.2. The molecule has 0 radical (unpaired) electrons. The second kappa shape index (κ2) is 6.31. The van der Waals surface area contributed by atoms with Crippen LogP contribution in [0.15, 0.2) is 47.2 Å². The van der Waals surface area contributed by atoms with Crippen molar-refractivity contribution < 1.29 is 13.9 Å². The number of carbonyl (C=O) groups is 1. The molecule has 6 heteroatoms. The van der Waals surface area contributed by atoms with Gasteiger partial charge in [-0.2, -0.15) is 0 Å². The number of hydrogen-bond donors (Lipinski definition) is 0. The summed E-state index contributed by atoms with van der Waals surface area (Å²) in [5.74, 6) is 1.03. The zero-order valence-corrected chi connectivity index (χ0v) is 13.1. The molecule has 1 amide bonds. The molecule has 0 saturated carbocycles. The molecule has 24 heavy (non-hydrogen) atoms. The van der Waals surface area contributed by atoms with Gasteiger partial charge in [0, 0.05) is 24.7 Å². The van der Waals surface area contributed by atoms with E-state index in [0.29, 0.717) is 17.3 Å². The molecular weight excluding hydrogens is 306 g/mol. The molecule has 0 atom stereocenters. The molecule has 1 aliphatic rings. The number of oxazole rings is 1. The molecule has 0 spiro atoms. The van der Waals surface area contributed by atoms with Crippen molar-refractivity contribution in [2.45, 2.75) is 19.4 Å². The quantitative estimate of drug-likeness (QED) is 0.738. The van der Waals surface area contributed by atoms with Gasteiger partial charge in [-0.25, -0.2) is 4.98 Å². The van der Waals surface area contributed by atoms with E-state index < -0.39 is 0 Å². The van der Waals surface area contributed by atoms with Crippen LogP contribution in [0.1, 0.15) is 29.2 Å². The lowest BCUT2D eigenvalue weighted by atomic mass is 10.2. The van der Waals surface area contributed by atoms with Crippen molar-refractivity contribution in [3.05, 3.63) is 54.4 Å². The van der Waals surface area contributed by atoms with E-state index in [4.69, 9.17) is 9.15 Å². The molecule has 1 aromatic carbocycles. The zero-order chi connectivity index (χ0) is 16.4. The van der Waals surface area contributed by atoms with Crippen molar-refractivity contribution in [1.82, 2.24) is 14.9 Å². The van der Waals surface area contributed by atoms with Gasteiger partial charge in [0.2, 0.25) is 5.89 Å². The maximum Gasteiger partial charge on any atom is 0.275 e. The smallest absolute Gasteiger partial charge is 0.275 e. The van der Waals surface area contributed by atoms with Crippen molar-refractivity contribution in [3.63, 3.8) is 0 Å². The Labute approximate surface area is 139 Å². The number of fused-ring (bicyclic) bond motifs is 1. The van der Waals surface area contributed by atoms with Crippen LogP contribution < -0.4 is 4.74 Å². The third kappa shape index (κ3) is 2.95. The van der Waals surface area contributed by atoms with Crippen molar-refractivity contribution in [1.29, 1.82) is 0 Å². The Hall–Kier alpha value is -2.89. The summed E-state index contributed by atoms with van der Waals surface area (Å²) in [7, 11) is 0. The molecule has 6 nitrogen and oxygen atoms in total. The van der Waals surface area contributed by atoms with Crippen molar-refractivity contribution in [2.75, 3.05) is 13.1 Å². The summed E-state index contributed by atoms with van der Waals surface area (Å²) in [6.45, 7) is 1.77. The third-order valence-corrected chi connectivity index (χ3v) is 4.10. The first kappa shape index (κ1) is 14.7. The van der Waals surface area contributed by atoms with Crippen LogP contribution in [0.25, 0.3) is 10.9 Å². The second-order valence-corrected chi connectivity index (χ2v) is 5.77. The fraction of sp³-hybridized carbons (Fsp3) is 0.278. The molecule has 1 aliphatic heterocycles. The van der Waals surface area contributed by atoms with Crippen LogP contribution >= 0.6 is 0 Å². The monoisotopic (exact) mass is 323 g/mol. The average molecular weight is 323 g/mol. The number of aromatic nitrogens is 2. The van der Waals surface area contributed by atoms with E-state index in [-0.39, 0.29) is 12.5 Å². The minimum Gasteiger partial charge on any atom is -0.484 e. The SMILES string of the molecule is O=C(c1coc(COc2ccc3ncccc3c2)n1)N1CCCC1. The highest BCUT2D eigenvalue weighted by molar-refractivity contribution is 5.92. The first-order valence-electron chi connectivity index (χ1n) is 8.01. The van der Waals surface area contributed by atoms with Crippen LogP contribution in [0.2, 0.25) is 0 Å². The molecule has 1 fully saturated rings. The highest BCUT2D eigenvalue weighted by Gasteiger charge is 2.22. The molecule has 122 valence electrons. The number of ether oxygens (including phenoxy) is 1. The summed E-state index contributed by atoms with van der Waals surface area (Å²) in [4.78, 5) is 22.6. The van der Waals surface area contributed by atoms with Gasteiger partial charge in [0.25, 0.3) is 5.91 Å². The molecule has 0 aliphatic carbocycles. The lowest BCUT2D eigenvalue weighted by molar-refractivity contribution is 0.0787. The topological polar surface area (TPSA) is 68.5 Å². The van der Waals surface area contributed by atoms with E-state index in [9.17, 15) is 4.79 Å². The van der Waals surface area contributed by atoms with Gasteiger partial charge in [-0.1, -0.05) is 6.07 Å². The van der Waals surface area contributed by atoms with Crippen LogP contribution in [0.3, 0.4) is 0 Å². The fourth-order valence-corrected chi connectivity index (χ4v) is 2.85. The van der Waals surface area contributed by atoms with Crippen molar-refractivity contribution in [2.24, 2.45) is 0 Å². The van der Waals surface area contributed by atoms with E-state index >= 15 is 0 Å². The van der Waals surface area contributed by atoms with E-state index in [0.717, 1.165) is 36.8 Å². The summed E-state index contributed by atoms with van der Waals surface area (Å²) in [5, 5.41) is 1.01. The predicted molar refractivity (Wildman–Crippen MR) is 87.7 cm³/mol. The largest absolute Gasteiger partial charge is 0.484 e. The molecule has 1 saturated heterocycles. The summed E-state index contributed by atoms with van der Waals surface area (Å²) < 4.78 is 11.1. The number of carbonyl (C=O) groups excluding carboxylic acids is 1. The normalized spacial score (nSPS) is 14.2. The van der Waals surface area contributed by atoms with E-state index in [1.165, 1.54) is 6.26 Å². The van der Waals surface area contributed by atoms with Crippen LogP contribution in [-0.4, -0.2) is 33.9 Å².